The largest absolute Gasteiger partial charge is 0.416 e. The van der Waals surface area contributed by atoms with Crippen molar-refractivity contribution in [2.75, 3.05) is 0 Å². The molecule has 0 fully saturated rings. The first-order valence-corrected chi connectivity index (χ1v) is 9.91. The summed E-state index contributed by atoms with van der Waals surface area (Å²) >= 11 is 0. The average molecular weight is 448 g/mol. The lowest BCUT2D eigenvalue weighted by atomic mass is 10.1. The molecule has 6 nitrogen and oxygen atoms in total. The summed E-state index contributed by atoms with van der Waals surface area (Å²) in [6.07, 6.45) is -1.45. The summed E-state index contributed by atoms with van der Waals surface area (Å²) in [6.45, 7) is -0.293. The van der Waals surface area contributed by atoms with Crippen molar-refractivity contribution in [1.82, 2.24) is 19.5 Å². The molecule has 0 amide bonds. The predicted octanol–water partition coefficient (Wildman–Crippen LogP) is 4.51. The number of hydrogen-bond acceptors (Lipinski definition) is 5. The Morgan fingerprint density at radius 1 is 0.970 bits per heavy atom. The minimum Gasteiger partial charge on any atom is -0.390 e. The predicted molar refractivity (Wildman–Crippen MR) is 117 cm³/mol. The second kappa shape index (κ2) is 7.79. The van der Waals surface area contributed by atoms with Crippen LogP contribution in [0.5, 0.6) is 0 Å². The Labute approximate surface area is 184 Å². The minimum atomic E-state index is -4.56. The van der Waals surface area contributed by atoms with E-state index in [0.717, 1.165) is 12.1 Å². The molecule has 1 aromatic carbocycles. The van der Waals surface area contributed by atoms with Gasteiger partial charge in [-0.15, -0.1) is 0 Å². The topological polar surface area (TPSA) is 80.9 Å². The molecule has 0 unspecified atom stereocenters. The number of pyridine rings is 4. The van der Waals surface area contributed by atoms with E-state index in [4.69, 9.17) is 0 Å². The lowest BCUT2D eigenvalue weighted by Gasteiger charge is -2.14. The highest BCUT2D eigenvalue weighted by Crippen LogP contribution is 2.32. The van der Waals surface area contributed by atoms with Gasteiger partial charge in [-0.3, -0.25) is 19.3 Å². The van der Waals surface area contributed by atoms with Crippen LogP contribution in [0.3, 0.4) is 0 Å². The van der Waals surface area contributed by atoms with E-state index in [2.05, 4.69) is 15.0 Å². The first-order valence-electron chi connectivity index (χ1n) is 9.91. The Kier molecular flexibility index (Phi) is 4.90. The number of aliphatic hydroxyl groups is 1. The summed E-state index contributed by atoms with van der Waals surface area (Å²) in [7, 11) is 0. The van der Waals surface area contributed by atoms with Gasteiger partial charge in [0.2, 0.25) is 0 Å². The normalized spacial score (nSPS) is 11.9. The zero-order valence-corrected chi connectivity index (χ0v) is 16.9. The van der Waals surface area contributed by atoms with E-state index in [9.17, 15) is 23.1 Å². The van der Waals surface area contributed by atoms with E-state index in [-0.39, 0.29) is 12.3 Å². The Hall–Kier alpha value is -4.11. The second-order valence-corrected chi connectivity index (χ2v) is 7.34. The zero-order chi connectivity index (χ0) is 23.2. The van der Waals surface area contributed by atoms with Crippen LogP contribution in [0.15, 0.2) is 77.9 Å². The maximum atomic E-state index is 13.3. The third-order valence-electron chi connectivity index (χ3n) is 5.31. The van der Waals surface area contributed by atoms with Crippen molar-refractivity contribution < 1.29 is 18.3 Å². The molecule has 164 valence electrons. The van der Waals surface area contributed by atoms with E-state index < -0.39 is 17.3 Å². The van der Waals surface area contributed by atoms with Gasteiger partial charge in [0.25, 0.3) is 5.56 Å². The molecule has 1 N–H and O–H groups in total. The van der Waals surface area contributed by atoms with Crippen LogP contribution in [0.1, 0.15) is 11.3 Å². The van der Waals surface area contributed by atoms with Crippen LogP contribution in [-0.4, -0.2) is 24.6 Å². The molecular formula is C24H15F3N4O2. The highest BCUT2D eigenvalue weighted by molar-refractivity contribution is 6.02. The molecule has 0 aliphatic carbocycles. The van der Waals surface area contributed by atoms with Crippen LogP contribution >= 0.6 is 0 Å². The number of fused-ring (bicyclic) bond motifs is 3. The molecule has 0 bridgehead atoms. The number of aliphatic hydroxyl groups excluding tert-OH is 1. The lowest BCUT2D eigenvalue weighted by molar-refractivity contribution is -0.137. The summed E-state index contributed by atoms with van der Waals surface area (Å²) in [5, 5.41) is 10.2. The summed E-state index contributed by atoms with van der Waals surface area (Å²) in [5.74, 6) is 0. The van der Waals surface area contributed by atoms with Crippen molar-refractivity contribution in [3.8, 4) is 16.9 Å². The average Bonchev–Trinajstić information content (AvgIpc) is 2.83. The molecule has 0 saturated heterocycles. The van der Waals surface area contributed by atoms with E-state index >= 15 is 0 Å². The molecule has 4 aromatic heterocycles. The summed E-state index contributed by atoms with van der Waals surface area (Å²) < 4.78 is 41.2. The number of nitrogens with zero attached hydrogens (tertiary/aromatic N) is 4. The molecular weight excluding hydrogens is 433 g/mol. The van der Waals surface area contributed by atoms with Gasteiger partial charge >= 0.3 is 6.18 Å². The van der Waals surface area contributed by atoms with Gasteiger partial charge in [0.15, 0.2) is 0 Å². The van der Waals surface area contributed by atoms with Gasteiger partial charge in [-0.2, -0.15) is 13.2 Å². The number of aromatic nitrogens is 4. The maximum Gasteiger partial charge on any atom is 0.416 e. The molecule has 4 heterocycles. The number of rotatable bonds is 3. The van der Waals surface area contributed by atoms with Gasteiger partial charge in [0.05, 0.1) is 34.6 Å². The van der Waals surface area contributed by atoms with Gasteiger partial charge in [-0.25, -0.2) is 4.98 Å². The minimum absolute atomic E-state index is 0.0672. The Morgan fingerprint density at radius 3 is 2.61 bits per heavy atom. The quantitative estimate of drug-likeness (QED) is 0.411. The highest BCUT2D eigenvalue weighted by atomic mass is 19.4. The van der Waals surface area contributed by atoms with Crippen LogP contribution in [0.2, 0.25) is 0 Å². The first kappa shape index (κ1) is 20.8. The fourth-order valence-electron chi connectivity index (χ4n) is 3.79. The fourth-order valence-corrected chi connectivity index (χ4v) is 3.79. The van der Waals surface area contributed by atoms with Crippen molar-refractivity contribution in [3.05, 3.63) is 94.7 Å². The van der Waals surface area contributed by atoms with E-state index in [1.807, 2.05) is 0 Å². The van der Waals surface area contributed by atoms with Crippen molar-refractivity contribution in [3.63, 3.8) is 0 Å². The van der Waals surface area contributed by atoms with Gasteiger partial charge in [0.1, 0.15) is 5.52 Å². The fraction of sp³-hybridized carbons (Fsp3) is 0.0833. The monoisotopic (exact) mass is 448 g/mol. The molecule has 5 aromatic rings. The Balaban J connectivity index is 1.85. The molecule has 0 saturated carbocycles. The Bertz CT molecular complexity index is 1580. The van der Waals surface area contributed by atoms with Gasteiger partial charge in [-0.05, 0) is 48.5 Å². The van der Waals surface area contributed by atoms with Crippen molar-refractivity contribution >= 4 is 21.9 Å². The molecule has 9 heteroatoms. The molecule has 0 aliphatic heterocycles. The third kappa shape index (κ3) is 3.62. The summed E-state index contributed by atoms with van der Waals surface area (Å²) in [5.41, 5.74) is 1.36. The summed E-state index contributed by atoms with van der Waals surface area (Å²) in [4.78, 5) is 26.1. The lowest BCUT2D eigenvalue weighted by Crippen LogP contribution is -2.18. The third-order valence-corrected chi connectivity index (χ3v) is 5.31. The SMILES string of the molecule is O=c1ccc2cnc3ccc(-c4cccnc4CO)nc3c2n1-c1cccc(C(F)(F)F)c1. The Morgan fingerprint density at radius 2 is 1.82 bits per heavy atom. The molecule has 0 atom stereocenters. The first-order chi connectivity index (χ1) is 15.9. The highest BCUT2D eigenvalue weighted by Gasteiger charge is 2.30. The number of benzene rings is 1. The van der Waals surface area contributed by atoms with Crippen molar-refractivity contribution in [2.45, 2.75) is 12.8 Å². The van der Waals surface area contributed by atoms with Crippen molar-refractivity contribution in [2.24, 2.45) is 0 Å². The van der Waals surface area contributed by atoms with E-state index in [1.165, 1.54) is 22.8 Å². The van der Waals surface area contributed by atoms with Crippen molar-refractivity contribution in [1.29, 1.82) is 0 Å². The van der Waals surface area contributed by atoms with E-state index in [1.54, 1.807) is 42.7 Å². The van der Waals surface area contributed by atoms with Crippen LogP contribution < -0.4 is 5.56 Å². The molecule has 0 spiro atoms. The number of hydrogen-bond donors (Lipinski definition) is 1. The standard InChI is InChI=1S/C24H15F3N4O2/c25-24(26,27)15-3-1-4-16(11-15)31-21(33)9-6-14-12-29-19-8-7-18(30-22(19)23(14)31)17-5-2-10-28-20(17)13-32/h1-12,32H,13H2. The van der Waals surface area contributed by atoms with Crippen LogP contribution in [0.25, 0.3) is 38.9 Å². The maximum absolute atomic E-state index is 13.3. The van der Waals surface area contributed by atoms with Gasteiger partial charge in [0, 0.05) is 35.1 Å². The molecule has 0 radical (unpaired) electrons. The number of halogens is 3. The molecule has 5 rings (SSSR count). The zero-order valence-electron chi connectivity index (χ0n) is 16.9. The summed E-state index contributed by atoms with van der Waals surface area (Å²) in [6, 6.07) is 14.3. The molecule has 0 aliphatic rings. The smallest absolute Gasteiger partial charge is 0.390 e. The number of alkyl halides is 3. The van der Waals surface area contributed by atoms with Crippen LogP contribution in [0, 0.1) is 0 Å². The van der Waals surface area contributed by atoms with Gasteiger partial charge < -0.3 is 5.11 Å². The van der Waals surface area contributed by atoms with E-state index in [0.29, 0.717) is 38.9 Å². The second-order valence-electron chi connectivity index (χ2n) is 7.34. The van der Waals surface area contributed by atoms with Crippen LogP contribution in [-0.2, 0) is 12.8 Å². The van der Waals surface area contributed by atoms with Gasteiger partial charge in [-0.1, -0.05) is 6.07 Å². The van der Waals surface area contributed by atoms with Crippen LogP contribution in [0.4, 0.5) is 13.2 Å². The molecule has 33 heavy (non-hydrogen) atoms.